The second-order valence-corrected chi connectivity index (χ2v) is 12.2. The van der Waals surface area contributed by atoms with E-state index in [0.717, 1.165) is 32.3 Å². The molecule has 0 aliphatic heterocycles. The monoisotopic (exact) mass is 666 g/mol. The Kier molecular flexibility index (Phi) is 7.72. The first-order chi connectivity index (χ1) is 23.2. The van der Waals surface area contributed by atoms with E-state index in [1.165, 1.54) is 33.0 Å². The van der Waals surface area contributed by atoms with Gasteiger partial charge in [0.15, 0.2) is 0 Å². The molecule has 1 heterocycles. The molecule has 0 aliphatic carbocycles. The molecule has 0 atom stereocenters. The molecular formula is C43H28N3Se. The van der Waals surface area contributed by atoms with Crippen LogP contribution in [0.2, 0.25) is 0 Å². The SMILES string of the molecule is [Se]c1c(-c2cccc(-c3nc(-c4ccccc4)nc(-c4ccccc4)n3)c2)cccc1-c1cccc2c(-c3ccccc3)cccc12. The molecule has 0 aliphatic rings. The van der Waals surface area contributed by atoms with Gasteiger partial charge in [-0.15, -0.1) is 0 Å². The maximum absolute atomic E-state index is 4.96. The van der Waals surface area contributed by atoms with Crippen molar-refractivity contribution in [3.05, 3.63) is 170 Å². The molecule has 0 fully saturated rings. The fourth-order valence-corrected chi connectivity index (χ4v) is 6.92. The maximum atomic E-state index is 4.96. The van der Waals surface area contributed by atoms with Crippen LogP contribution in [0.5, 0.6) is 0 Å². The van der Waals surface area contributed by atoms with Crippen molar-refractivity contribution in [2.45, 2.75) is 0 Å². The molecular weight excluding hydrogens is 637 g/mol. The zero-order valence-corrected chi connectivity index (χ0v) is 27.1. The Labute approximate surface area is 282 Å². The van der Waals surface area contributed by atoms with Gasteiger partial charge in [-0.3, -0.25) is 0 Å². The third-order valence-electron chi connectivity index (χ3n) is 8.44. The van der Waals surface area contributed by atoms with Crippen molar-refractivity contribution >= 4 is 31.2 Å². The second-order valence-electron chi connectivity index (χ2n) is 11.4. The van der Waals surface area contributed by atoms with Crippen molar-refractivity contribution in [2.75, 3.05) is 0 Å². The zero-order valence-electron chi connectivity index (χ0n) is 25.4. The third kappa shape index (κ3) is 5.66. The quantitative estimate of drug-likeness (QED) is 0.166. The topological polar surface area (TPSA) is 38.7 Å². The summed E-state index contributed by atoms with van der Waals surface area (Å²) in [6.45, 7) is 0. The molecule has 0 saturated heterocycles. The number of aromatic nitrogens is 3. The summed E-state index contributed by atoms with van der Waals surface area (Å²) in [4.78, 5) is 14.8. The number of benzene rings is 7. The molecule has 1 aromatic heterocycles. The van der Waals surface area contributed by atoms with Crippen LogP contribution in [0, 0.1) is 0 Å². The minimum atomic E-state index is 0.639. The molecule has 47 heavy (non-hydrogen) atoms. The molecule has 0 unspecified atom stereocenters. The van der Waals surface area contributed by atoms with E-state index < -0.39 is 0 Å². The van der Waals surface area contributed by atoms with E-state index in [1.807, 2.05) is 60.7 Å². The molecule has 0 amide bonds. The van der Waals surface area contributed by atoms with Crippen LogP contribution in [-0.2, 0) is 0 Å². The molecule has 0 spiro atoms. The standard InChI is InChI=1S/C43H28N3Se/c47-40-35(23-12-27-39(40)38-26-13-24-36-34(22-11-25-37(36)38)29-14-4-1-5-15-29)32-20-10-21-33(28-32)43-45-41(30-16-6-2-7-17-30)44-42(46-43)31-18-8-3-9-19-31/h1-28H. The first-order valence-corrected chi connectivity index (χ1v) is 16.4. The number of hydrogen-bond acceptors (Lipinski definition) is 3. The normalized spacial score (nSPS) is 11.1. The fourth-order valence-electron chi connectivity index (χ4n) is 6.15. The van der Waals surface area contributed by atoms with Crippen molar-refractivity contribution in [3.8, 4) is 67.5 Å². The van der Waals surface area contributed by atoms with Gasteiger partial charge in [0.05, 0.1) is 0 Å². The first kappa shape index (κ1) is 28.8. The average molecular weight is 666 g/mol. The second kappa shape index (κ2) is 12.6. The first-order valence-electron chi connectivity index (χ1n) is 15.6. The molecule has 0 bridgehead atoms. The van der Waals surface area contributed by atoms with Gasteiger partial charge in [0.25, 0.3) is 0 Å². The van der Waals surface area contributed by atoms with Crippen molar-refractivity contribution in [3.63, 3.8) is 0 Å². The zero-order chi connectivity index (χ0) is 31.6. The summed E-state index contributed by atoms with van der Waals surface area (Å²) in [5, 5.41) is 2.46. The summed E-state index contributed by atoms with van der Waals surface area (Å²) in [5.74, 6) is 1.94. The van der Waals surface area contributed by atoms with Crippen molar-refractivity contribution in [1.82, 2.24) is 15.0 Å². The average Bonchev–Trinajstić information content (AvgIpc) is 3.15. The Hall–Kier alpha value is -5.67. The summed E-state index contributed by atoms with van der Waals surface area (Å²) in [5.41, 5.74) is 9.87. The van der Waals surface area contributed by atoms with Crippen molar-refractivity contribution < 1.29 is 0 Å². The van der Waals surface area contributed by atoms with E-state index >= 15 is 0 Å². The van der Waals surface area contributed by atoms with Gasteiger partial charge < -0.3 is 0 Å². The van der Waals surface area contributed by atoms with Crippen LogP contribution in [0.4, 0.5) is 0 Å². The van der Waals surface area contributed by atoms with E-state index in [4.69, 9.17) is 15.0 Å². The summed E-state index contributed by atoms with van der Waals surface area (Å²) in [6.07, 6.45) is 0. The van der Waals surface area contributed by atoms with Crippen LogP contribution < -0.4 is 4.46 Å². The van der Waals surface area contributed by atoms with Crippen LogP contribution >= 0.6 is 0 Å². The molecule has 1 radical (unpaired) electrons. The van der Waals surface area contributed by atoms with Gasteiger partial charge >= 0.3 is 284 Å². The van der Waals surface area contributed by atoms with Crippen molar-refractivity contribution in [1.29, 1.82) is 0 Å². The number of rotatable bonds is 6. The van der Waals surface area contributed by atoms with Crippen molar-refractivity contribution in [2.24, 2.45) is 0 Å². The van der Waals surface area contributed by atoms with E-state index in [1.54, 1.807) is 0 Å². The van der Waals surface area contributed by atoms with Gasteiger partial charge in [-0.1, -0.05) is 0 Å². The summed E-state index contributed by atoms with van der Waals surface area (Å²) >= 11 is 3.43. The van der Waals surface area contributed by atoms with E-state index in [9.17, 15) is 0 Å². The predicted molar refractivity (Wildman–Crippen MR) is 195 cm³/mol. The molecule has 0 saturated carbocycles. The van der Waals surface area contributed by atoms with E-state index in [2.05, 4.69) is 125 Å². The molecule has 221 valence electrons. The van der Waals surface area contributed by atoms with Gasteiger partial charge in [0.2, 0.25) is 0 Å². The van der Waals surface area contributed by atoms with Gasteiger partial charge in [0, 0.05) is 0 Å². The van der Waals surface area contributed by atoms with E-state index in [0.29, 0.717) is 17.5 Å². The Morgan fingerprint density at radius 1 is 0.298 bits per heavy atom. The number of fused-ring (bicyclic) bond motifs is 1. The van der Waals surface area contributed by atoms with Gasteiger partial charge in [-0.25, -0.2) is 0 Å². The Morgan fingerprint density at radius 2 is 0.702 bits per heavy atom. The fraction of sp³-hybridized carbons (Fsp3) is 0. The summed E-state index contributed by atoms with van der Waals surface area (Å²) in [6, 6.07) is 58.9. The molecule has 8 aromatic rings. The summed E-state index contributed by atoms with van der Waals surface area (Å²) < 4.78 is 1.10. The Balaban J connectivity index is 1.23. The molecule has 8 rings (SSSR count). The number of hydrogen-bond donors (Lipinski definition) is 0. The van der Waals surface area contributed by atoms with Gasteiger partial charge in [-0.05, 0) is 0 Å². The van der Waals surface area contributed by atoms with Crippen LogP contribution in [0.1, 0.15) is 0 Å². The molecule has 4 heteroatoms. The Bertz CT molecular complexity index is 2300. The predicted octanol–water partition coefficient (Wildman–Crippen LogP) is 9.82. The van der Waals surface area contributed by atoms with E-state index in [-0.39, 0.29) is 0 Å². The van der Waals surface area contributed by atoms with Gasteiger partial charge in [-0.2, -0.15) is 0 Å². The van der Waals surface area contributed by atoms with Crippen LogP contribution in [0.3, 0.4) is 0 Å². The molecule has 0 N–H and O–H groups in total. The van der Waals surface area contributed by atoms with Gasteiger partial charge in [0.1, 0.15) is 0 Å². The summed E-state index contributed by atoms with van der Waals surface area (Å²) in [7, 11) is 0. The third-order valence-corrected chi connectivity index (χ3v) is 9.37. The molecule has 7 aromatic carbocycles. The van der Waals surface area contributed by atoms with Crippen LogP contribution in [0.25, 0.3) is 78.3 Å². The number of nitrogens with zero attached hydrogens (tertiary/aromatic N) is 3. The minimum absolute atomic E-state index is 0.639. The Morgan fingerprint density at radius 3 is 1.32 bits per heavy atom. The van der Waals surface area contributed by atoms with Crippen LogP contribution in [-0.4, -0.2) is 31.0 Å². The molecule has 3 nitrogen and oxygen atoms in total. The van der Waals surface area contributed by atoms with Crippen LogP contribution in [0.15, 0.2) is 170 Å².